The van der Waals surface area contributed by atoms with Crippen LogP contribution in [0.25, 0.3) is 10.9 Å². The van der Waals surface area contributed by atoms with E-state index >= 15 is 0 Å². The highest BCUT2D eigenvalue weighted by Crippen LogP contribution is 2.32. The molecule has 0 spiro atoms. The van der Waals surface area contributed by atoms with Gasteiger partial charge in [-0.2, -0.15) is 5.26 Å². The summed E-state index contributed by atoms with van der Waals surface area (Å²) in [6, 6.07) is 15.8. The molecule has 1 amide bonds. The lowest BCUT2D eigenvalue weighted by Crippen LogP contribution is -2.15. The third kappa shape index (κ3) is 2.52. The third-order valence-corrected chi connectivity index (χ3v) is 3.85. The molecule has 0 saturated carbocycles. The number of carbonyl (C=O) groups excluding carboxylic acids is 1. The van der Waals surface area contributed by atoms with Gasteiger partial charge < -0.3 is 9.88 Å². The number of hydrogen-bond acceptors (Lipinski definition) is 4. The number of aromatic nitrogens is 1. The summed E-state index contributed by atoms with van der Waals surface area (Å²) in [5, 5.41) is 16.0. The first kappa shape index (κ1) is 15.4. The summed E-state index contributed by atoms with van der Waals surface area (Å²) in [5.74, 6) is 0.130. The van der Waals surface area contributed by atoms with E-state index < -0.39 is 0 Å². The number of benzene rings is 2. The number of nitrogens with zero attached hydrogens (tertiary/aromatic N) is 3. The first-order valence-electron chi connectivity index (χ1n) is 7.45. The van der Waals surface area contributed by atoms with Crippen LogP contribution in [-0.2, 0) is 6.54 Å². The molecule has 0 bridgehead atoms. The summed E-state index contributed by atoms with van der Waals surface area (Å²) >= 11 is 0. The van der Waals surface area contributed by atoms with Gasteiger partial charge in [0.05, 0.1) is 5.52 Å². The minimum atomic E-state index is -0.293. The van der Waals surface area contributed by atoms with E-state index in [4.69, 9.17) is 0 Å². The van der Waals surface area contributed by atoms with Gasteiger partial charge in [0.15, 0.2) is 0 Å². The molecule has 0 radical (unpaired) electrons. The van der Waals surface area contributed by atoms with E-state index in [0.29, 0.717) is 34.4 Å². The van der Waals surface area contributed by atoms with Crippen LogP contribution in [0.5, 0.6) is 0 Å². The van der Waals surface area contributed by atoms with E-state index in [1.165, 1.54) is 0 Å². The Morgan fingerprint density at radius 2 is 2.00 bits per heavy atom. The van der Waals surface area contributed by atoms with Gasteiger partial charge in [-0.3, -0.25) is 4.79 Å². The molecule has 0 fully saturated rings. The van der Waals surface area contributed by atoms with Crippen molar-refractivity contribution in [3.63, 3.8) is 0 Å². The molecule has 0 aliphatic heterocycles. The van der Waals surface area contributed by atoms with Crippen LogP contribution in [0.15, 0.2) is 53.7 Å². The molecule has 3 rings (SSSR count). The van der Waals surface area contributed by atoms with Crippen LogP contribution in [0.4, 0.5) is 11.5 Å². The summed E-state index contributed by atoms with van der Waals surface area (Å²) in [5.41, 5.74) is 1.84. The molecule has 24 heavy (non-hydrogen) atoms. The second-order valence-electron chi connectivity index (χ2n) is 5.19. The molecule has 1 N–H and O–H groups in total. The highest BCUT2D eigenvalue weighted by molar-refractivity contribution is 6.07. The Bertz CT molecular complexity index is 968. The van der Waals surface area contributed by atoms with E-state index in [1.807, 2.05) is 13.0 Å². The average molecular weight is 318 g/mol. The van der Waals surface area contributed by atoms with Crippen molar-refractivity contribution in [2.45, 2.75) is 13.5 Å². The summed E-state index contributed by atoms with van der Waals surface area (Å²) in [4.78, 5) is 23.2. The number of nitriles is 1. The van der Waals surface area contributed by atoms with Crippen molar-refractivity contribution in [1.29, 1.82) is 5.26 Å². The van der Waals surface area contributed by atoms with Crippen molar-refractivity contribution in [3.05, 3.63) is 64.6 Å². The number of anilines is 1. The largest absolute Gasteiger partial charge is 0.326 e. The predicted molar refractivity (Wildman–Crippen MR) is 92.2 cm³/mol. The SMILES string of the molecule is CCn1c(NC(=O)c2ccccc2)c(C#N)c2ccc(N=O)cc21. The Hall–Kier alpha value is -3.46. The number of amides is 1. The number of fused-ring (bicyclic) bond motifs is 1. The maximum atomic E-state index is 12.4. The van der Waals surface area contributed by atoms with Gasteiger partial charge in [0.25, 0.3) is 5.91 Å². The second kappa shape index (κ2) is 6.34. The molecule has 0 aliphatic carbocycles. The molecule has 6 nitrogen and oxygen atoms in total. The molecule has 0 unspecified atom stereocenters. The smallest absolute Gasteiger partial charge is 0.256 e. The van der Waals surface area contributed by atoms with E-state index in [-0.39, 0.29) is 11.6 Å². The van der Waals surface area contributed by atoms with Crippen molar-refractivity contribution in [3.8, 4) is 6.07 Å². The Kier molecular flexibility index (Phi) is 4.08. The summed E-state index contributed by atoms with van der Waals surface area (Å²) in [7, 11) is 0. The molecule has 1 heterocycles. The lowest BCUT2D eigenvalue weighted by atomic mass is 10.1. The predicted octanol–water partition coefficient (Wildman–Crippen LogP) is 4.18. The number of rotatable bonds is 4. The van der Waals surface area contributed by atoms with E-state index in [1.54, 1.807) is 47.0 Å². The molecule has 2 aromatic carbocycles. The van der Waals surface area contributed by atoms with Crippen molar-refractivity contribution < 1.29 is 4.79 Å². The van der Waals surface area contributed by atoms with E-state index in [9.17, 15) is 15.0 Å². The number of aryl methyl sites for hydroxylation is 1. The van der Waals surface area contributed by atoms with Crippen LogP contribution in [0.1, 0.15) is 22.8 Å². The van der Waals surface area contributed by atoms with Gasteiger partial charge in [0.1, 0.15) is 23.1 Å². The second-order valence-corrected chi connectivity index (χ2v) is 5.19. The average Bonchev–Trinajstić information content (AvgIpc) is 2.93. The Morgan fingerprint density at radius 3 is 2.62 bits per heavy atom. The van der Waals surface area contributed by atoms with Crippen LogP contribution >= 0.6 is 0 Å². The fourth-order valence-corrected chi connectivity index (χ4v) is 2.74. The monoisotopic (exact) mass is 318 g/mol. The summed E-state index contributed by atoms with van der Waals surface area (Å²) in [6.45, 7) is 2.44. The van der Waals surface area contributed by atoms with Gasteiger partial charge in [-0.1, -0.05) is 18.2 Å². The molecule has 0 saturated heterocycles. The topological polar surface area (TPSA) is 87.2 Å². The first-order valence-corrected chi connectivity index (χ1v) is 7.45. The number of hydrogen-bond donors (Lipinski definition) is 1. The first-order chi connectivity index (χ1) is 11.7. The van der Waals surface area contributed by atoms with Crippen molar-refractivity contribution >= 4 is 28.3 Å². The fourth-order valence-electron chi connectivity index (χ4n) is 2.74. The van der Waals surface area contributed by atoms with Gasteiger partial charge in [-0.15, -0.1) is 4.91 Å². The van der Waals surface area contributed by atoms with E-state index in [0.717, 1.165) is 0 Å². The quantitative estimate of drug-likeness (QED) is 0.732. The van der Waals surface area contributed by atoms with E-state index in [2.05, 4.69) is 16.6 Å². The zero-order valence-electron chi connectivity index (χ0n) is 13.0. The molecular weight excluding hydrogens is 304 g/mol. The molecule has 0 aliphatic rings. The maximum Gasteiger partial charge on any atom is 0.256 e. The fraction of sp³-hybridized carbons (Fsp3) is 0.111. The third-order valence-electron chi connectivity index (χ3n) is 3.85. The summed E-state index contributed by atoms with van der Waals surface area (Å²) < 4.78 is 1.80. The molecule has 6 heteroatoms. The van der Waals surface area contributed by atoms with Crippen molar-refractivity contribution in [1.82, 2.24) is 4.57 Å². The van der Waals surface area contributed by atoms with Gasteiger partial charge in [0.2, 0.25) is 0 Å². The zero-order valence-corrected chi connectivity index (χ0v) is 13.0. The molecule has 1 aromatic heterocycles. The summed E-state index contributed by atoms with van der Waals surface area (Å²) in [6.07, 6.45) is 0. The number of nitroso groups, excluding NO2 is 1. The zero-order chi connectivity index (χ0) is 17.1. The lowest BCUT2D eigenvalue weighted by molar-refractivity contribution is 0.102. The molecule has 118 valence electrons. The Balaban J connectivity index is 2.14. The normalized spacial score (nSPS) is 10.3. The van der Waals surface area contributed by atoms with Crippen molar-refractivity contribution in [2.24, 2.45) is 5.18 Å². The minimum absolute atomic E-state index is 0.278. The van der Waals surface area contributed by atoms with Gasteiger partial charge in [-0.05, 0) is 42.4 Å². The molecule has 0 atom stereocenters. The highest BCUT2D eigenvalue weighted by atomic mass is 16.3. The van der Waals surface area contributed by atoms with Crippen LogP contribution < -0.4 is 5.32 Å². The van der Waals surface area contributed by atoms with Gasteiger partial charge in [0, 0.05) is 17.5 Å². The number of carbonyl (C=O) groups is 1. The molecular formula is C18H14N4O2. The lowest BCUT2D eigenvalue weighted by Gasteiger charge is -2.10. The Morgan fingerprint density at radius 1 is 1.25 bits per heavy atom. The highest BCUT2D eigenvalue weighted by Gasteiger charge is 2.19. The molecule has 3 aromatic rings. The standard InChI is InChI=1S/C18H14N4O2/c1-2-22-16-10-13(21-24)8-9-14(16)15(11-19)17(22)20-18(23)12-6-4-3-5-7-12/h3-10H,2H2,1H3,(H,20,23). The minimum Gasteiger partial charge on any atom is -0.326 e. The van der Waals surface area contributed by atoms with Crippen LogP contribution in [0.2, 0.25) is 0 Å². The van der Waals surface area contributed by atoms with Gasteiger partial charge >= 0.3 is 0 Å². The van der Waals surface area contributed by atoms with Crippen LogP contribution in [0, 0.1) is 16.2 Å². The van der Waals surface area contributed by atoms with Crippen molar-refractivity contribution in [2.75, 3.05) is 5.32 Å². The maximum absolute atomic E-state index is 12.4. The van der Waals surface area contributed by atoms with Crippen LogP contribution in [0.3, 0.4) is 0 Å². The number of nitrogens with one attached hydrogen (secondary N) is 1. The van der Waals surface area contributed by atoms with Crippen LogP contribution in [-0.4, -0.2) is 10.5 Å². The Labute approximate surface area is 138 Å². The van der Waals surface area contributed by atoms with Gasteiger partial charge in [-0.25, -0.2) is 0 Å².